The Bertz CT molecular complexity index is 2760. The topological polar surface area (TPSA) is 57.4 Å². The van der Waals surface area contributed by atoms with E-state index in [-0.39, 0.29) is 0 Å². The van der Waals surface area contributed by atoms with Crippen molar-refractivity contribution in [1.29, 1.82) is 10.5 Å². The molecule has 0 radical (unpaired) electrons. The maximum absolute atomic E-state index is 10.3. The van der Waals surface area contributed by atoms with E-state index in [1.165, 1.54) is 10.8 Å². The Morgan fingerprint density at radius 1 is 0.396 bits per heavy atom. The maximum atomic E-state index is 10.3. The van der Waals surface area contributed by atoms with E-state index in [1.807, 2.05) is 30.3 Å². The fraction of sp³-hybridized carbons (Fsp3) is 0. The number of aromatic nitrogens is 2. The Labute approximate surface area is 277 Å². The van der Waals surface area contributed by atoms with Gasteiger partial charge in [-0.25, -0.2) is 0 Å². The SMILES string of the molecule is N#Cc1ccc2c3ccccc3n(-c3ccccc3-c3cccc(-c4cc(-n5c6ccccc6c6ccccc65)ccc4C#N)c3)c2c1. The monoisotopic (exact) mass is 610 g/mol. The number of nitrogens with zero attached hydrogens (tertiary/aromatic N) is 4. The molecule has 9 aromatic rings. The molecule has 222 valence electrons. The van der Waals surface area contributed by atoms with E-state index in [4.69, 9.17) is 0 Å². The minimum Gasteiger partial charge on any atom is -0.309 e. The lowest BCUT2D eigenvalue weighted by atomic mass is 9.95. The molecule has 7 aromatic carbocycles. The van der Waals surface area contributed by atoms with Crippen LogP contribution in [0, 0.1) is 22.7 Å². The summed E-state index contributed by atoms with van der Waals surface area (Å²) in [6.45, 7) is 0. The molecule has 0 spiro atoms. The third-order valence-electron chi connectivity index (χ3n) is 9.39. The van der Waals surface area contributed by atoms with Crippen LogP contribution in [-0.4, -0.2) is 9.13 Å². The first-order chi connectivity index (χ1) is 23.7. The van der Waals surface area contributed by atoms with Gasteiger partial charge < -0.3 is 9.13 Å². The van der Waals surface area contributed by atoms with E-state index in [0.29, 0.717) is 11.1 Å². The molecule has 0 atom stereocenters. The fourth-order valence-corrected chi connectivity index (χ4v) is 7.28. The van der Waals surface area contributed by atoms with Gasteiger partial charge in [0.2, 0.25) is 0 Å². The minimum absolute atomic E-state index is 0.622. The Balaban J connectivity index is 1.24. The van der Waals surface area contributed by atoms with Crippen LogP contribution < -0.4 is 0 Å². The van der Waals surface area contributed by atoms with Crippen LogP contribution in [0.1, 0.15) is 11.1 Å². The van der Waals surface area contributed by atoms with E-state index in [1.54, 1.807) is 0 Å². The van der Waals surface area contributed by atoms with Gasteiger partial charge in [-0.3, -0.25) is 0 Å². The van der Waals surface area contributed by atoms with Crippen LogP contribution in [-0.2, 0) is 0 Å². The third-order valence-corrected chi connectivity index (χ3v) is 9.39. The highest BCUT2D eigenvalue weighted by Crippen LogP contribution is 2.39. The van der Waals surface area contributed by atoms with Crippen molar-refractivity contribution in [2.24, 2.45) is 0 Å². The van der Waals surface area contributed by atoms with Crippen molar-refractivity contribution in [2.45, 2.75) is 0 Å². The Hall–Kier alpha value is -6.88. The molecule has 0 amide bonds. The van der Waals surface area contributed by atoms with Crippen LogP contribution >= 0.6 is 0 Å². The average Bonchev–Trinajstić information content (AvgIpc) is 3.67. The summed E-state index contributed by atoms with van der Waals surface area (Å²) in [5.41, 5.74) is 11.5. The molecular weight excluding hydrogens is 585 g/mol. The van der Waals surface area contributed by atoms with Crippen molar-refractivity contribution < 1.29 is 0 Å². The van der Waals surface area contributed by atoms with Gasteiger partial charge in [0.1, 0.15) is 0 Å². The molecule has 2 heterocycles. The van der Waals surface area contributed by atoms with Gasteiger partial charge in [-0.15, -0.1) is 0 Å². The first-order valence-corrected chi connectivity index (χ1v) is 15.9. The molecule has 0 aliphatic rings. The van der Waals surface area contributed by atoms with Gasteiger partial charge in [0, 0.05) is 38.4 Å². The summed E-state index contributed by atoms with van der Waals surface area (Å²) in [5.74, 6) is 0. The summed E-state index contributed by atoms with van der Waals surface area (Å²) >= 11 is 0. The predicted octanol–water partition coefficient (Wildman–Crippen LogP) is 11.0. The van der Waals surface area contributed by atoms with Crippen molar-refractivity contribution in [3.63, 3.8) is 0 Å². The summed E-state index contributed by atoms with van der Waals surface area (Å²) in [4.78, 5) is 0. The van der Waals surface area contributed by atoms with Crippen LogP contribution in [0.2, 0.25) is 0 Å². The van der Waals surface area contributed by atoms with Gasteiger partial charge >= 0.3 is 0 Å². The Kier molecular flexibility index (Phi) is 6.22. The van der Waals surface area contributed by atoms with Gasteiger partial charge in [0.15, 0.2) is 0 Å². The zero-order valence-corrected chi connectivity index (χ0v) is 25.8. The zero-order valence-electron chi connectivity index (χ0n) is 25.8. The normalized spacial score (nSPS) is 11.3. The molecule has 48 heavy (non-hydrogen) atoms. The quantitative estimate of drug-likeness (QED) is 0.199. The van der Waals surface area contributed by atoms with Crippen molar-refractivity contribution in [2.75, 3.05) is 0 Å². The fourth-order valence-electron chi connectivity index (χ4n) is 7.28. The number of para-hydroxylation sites is 4. The smallest absolute Gasteiger partial charge is 0.0998 e. The Morgan fingerprint density at radius 3 is 1.65 bits per heavy atom. The molecule has 0 fully saturated rings. The van der Waals surface area contributed by atoms with Gasteiger partial charge in [0.25, 0.3) is 0 Å². The van der Waals surface area contributed by atoms with E-state index in [2.05, 4.69) is 149 Å². The van der Waals surface area contributed by atoms with Gasteiger partial charge in [-0.05, 0) is 71.8 Å². The van der Waals surface area contributed by atoms with Gasteiger partial charge in [-0.2, -0.15) is 10.5 Å². The second-order valence-corrected chi connectivity index (χ2v) is 12.0. The van der Waals surface area contributed by atoms with E-state index in [0.717, 1.165) is 66.5 Å². The molecular formula is C44H26N4. The highest BCUT2D eigenvalue weighted by molar-refractivity contribution is 6.11. The van der Waals surface area contributed by atoms with Crippen molar-refractivity contribution in [3.8, 4) is 45.8 Å². The van der Waals surface area contributed by atoms with Crippen molar-refractivity contribution in [3.05, 3.63) is 169 Å². The molecule has 0 aliphatic carbocycles. The number of rotatable bonds is 4. The molecule has 0 saturated heterocycles. The predicted molar refractivity (Wildman–Crippen MR) is 195 cm³/mol. The van der Waals surface area contributed by atoms with Crippen LogP contribution in [0.15, 0.2) is 158 Å². The van der Waals surface area contributed by atoms with Crippen LogP contribution in [0.3, 0.4) is 0 Å². The van der Waals surface area contributed by atoms with Crippen LogP contribution in [0.5, 0.6) is 0 Å². The molecule has 0 saturated carbocycles. The minimum atomic E-state index is 0.622. The van der Waals surface area contributed by atoms with Crippen molar-refractivity contribution >= 4 is 43.6 Å². The molecule has 0 N–H and O–H groups in total. The number of hydrogen-bond donors (Lipinski definition) is 0. The summed E-state index contributed by atoms with van der Waals surface area (Å²) in [6.07, 6.45) is 0. The molecule has 0 unspecified atom stereocenters. The maximum Gasteiger partial charge on any atom is 0.0998 e. The summed E-state index contributed by atoms with van der Waals surface area (Å²) in [6, 6.07) is 58.9. The highest BCUT2D eigenvalue weighted by atomic mass is 15.0. The number of fused-ring (bicyclic) bond motifs is 6. The summed E-state index contributed by atoms with van der Waals surface area (Å²) in [5, 5.41) is 24.7. The molecule has 4 heteroatoms. The van der Waals surface area contributed by atoms with E-state index < -0.39 is 0 Å². The highest BCUT2D eigenvalue weighted by Gasteiger charge is 2.18. The second kappa shape index (κ2) is 10.9. The number of hydrogen-bond acceptors (Lipinski definition) is 2. The second-order valence-electron chi connectivity index (χ2n) is 12.0. The van der Waals surface area contributed by atoms with Crippen LogP contribution in [0.25, 0.3) is 77.2 Å². The molecule has 4 nitrogen and oxygen atoms in total. The van der Waals surface area contributed by atoms with Crippen molar-refractivity contribution in [1.82, 2.24) is 9.13 Å². The molecule has 2 aromatic heterocycles. The summed E-state index contributed by atoms with van der Waals surface area (Å²) < 4.78 is 4.54. The number of nitriles is 2. The standard InChI is InChI=1S/C44H26N4/c45-27-29-20-23-38-37-15-4-8-19-43(37)48(44(38)24-29)40-16-5-1-12-34(40)30-10-9-11-31(25-30)39-26-33(22-21-32(39)28-46)47-41-17-6-2-13-35(41)36-14-3-7-18-42(36)47/h1-26H. The number of benzene rings is 7. The van der Waals surface area contributed by atoms with Gasteiger partial charge in [0.05, 0.1) is 51.0 Å². The molecule has 9 rings (SSSR count). The molecule has 0 aliphatic heterocycles. The third kappa shape index (κ3) is 4.14. The van der Waals surface area contributed by atoms with Crippen LogP contribution in [0.4, 0.5) is 0 Å². The lowest BCUT2D eigenvalue weighted by Crippen LogP contribution is -1.98. The van der Waals surface area contributed by atoms with E-state index in [9.17, 15) is 10.5 Å². The molecule has 0 bridgehead atoms. The lowest BCUT2D eigenvalue weighted by Gasteiger charge is -2.16. The zero-order chi connectivity index (χ0) is 32.2. The van der Waals surface area contributed by atoms with E-state index >= 15 is 0 Å². The summed E-state index contributed by atoms with van der Waals surface area (Å²) in [7, 11) is 0. The first-order valence-electron chi connectivity index (χ1n) is 15.9. The van der Waals surface area contributed by atoms with Gasteiger partial charge in [-0.1, -0.05) is 97.1 Å². The average molecular weight is 611 g/mol. The largest absolute Gasteiger partial charge is 0.309 e. The Morgan fingerprint density at radius 2 is 0.979 bits per heavy atom. The lowest BCUT2D eigenvalue weighted by molar-refractivity contribution is 1.18. The first kappa shape index (κ1) is 27.4.